The first kappa shape index (κ1) is 15.7. The van der Waals surface area contributed by atoms with Crippen molar-refractivity contribution in [2.45, 2.75) is 20.8 Å². The molecule has 0 unspecified atom stereocenters. The second kappa shape index (κ2) is 5.81. The molecule has 0 aliphatic carbocycles. The molecular formula is C18H17N3O3. The van der Waals surface area contributed by atoms with E-state index in [2.05, 4.69) is 9.98 Å². The number of aromatic nitrogens is 2. The number of hydrogen-bond acceptors (Lipinski definition) is 4. The van der Waals surface area contributed by atoms with Crippen molar-refractivity contribution < 1.29 is 5.11 Å². The molecule has 24 heavy (non-hydrogen) atoms. The van der Waals surface area contributed by atoms with E-state index in [9.17, 15) is 14.7 Å². The number of nitrogens with zero attached hydrogens (tertiary/aromatic N) is 2. The largest absolute Gasteiger partial charge is 0.494 e. The molecule has 0 amide bonds. The number of aromatic hydroxyl groups is 1. The van der Waals surface area contributed by atoms with Gasteiger partial charge in [0.05, 0.1) is 11.4 Å². The Morgan fingerprint density at radius 2 is 1.83 bits per heavy atom. The number of aliphatic imine (C=N–C) groups is 1. The van der Waals surface area contributed by atoms with Gasteiger partial charge in [-0.3, -0.25) is 14.8 Å². The van der Waals surface area contributed by atoms with Gasteiger partial charge in [-0.25, -0.2) is 9.36 Å². The highest BCUT2D eigenvalue weighted by molar-refractivity contribution is 5.79. The number of aromatic amines is 1. The first-order valence-corrected chi connectivity index (χ1v) is 7.47. The van der Waals surface area contributed by atoms with Gasteiger partial charge in [-0.05, 0) is 50.1 Å². The van der Waals surface area contributed by atoms with Gasteiger partial charge in [-0.2, -0.15) is 0 Å². The van der Waals surface area contributed by atoms with Crippen LogP contribution >= 0.6 is 0 Å². The predicted octanol–water partition coefficient (Wildman–Crippen LogP) is 2.14. The SMILES string of the molecule is Cc1cc(C)c(-n2c(O)c(/C=C3\C=CC=N3)c(=O)[nH]c2=O)c(C)c1. The Bertz CT molecular complexity index is 999. The number of rotatable bonds is 2. The molecule has 3 rings (SSSR count). The second-order valence-electron chi connectivity index (χ2n) is 5.79. The van der Waals surface area contributed by atoms with Gasteiger partial charge in [-0.1, -0.05) is 17.7 Å². The summed E-state index contributed by atoms with van der Waals surface area (Å²) in [6.45, 7) is 5.67. The summed E-state index contributed by atoms with van der Waals surface area (Å²) in [4.78, 5) is 30.7. The van der Waals surface area contributed by atoms with E-state index in [1.54, 1.807) is 18.4 Å². The molecule has 1 aromatic heterocycles. The zero-order valence-electron chi connectivity index (χ0n) is 13.6. The molecular weight excluding hydrogens is 306 g/mol. The van der Waals surface area contributed by atoms with Crippen LogP contribution in [-0.4, -0.2) is 20.9 Å². The molecule has 1 aliphatic heterocycles. The lowest BCUT2D eigenvalue weighted by Crippen LogP contribution is -2.31. The molecule has 0 atom stereocenters. The van der Waals surface area contributed by atoms with Crippen LogP contribution in [0.15, 0.2) is 44.6 Å². The van der Waals surface area contributed by atoms with E-state index in [1.807, 2.05) is 32.9 Å². The smallest absolute Gasteiger partial charge is 0.335 e. The molecule has 0 bridgehead atoms. The molecule has 0 fully saturated rings. The average molecular weight is 323 g/mol. The van der Waals surface area contributed by atoms with Crippen molar-refractivity contribution in [2.24, 2.45) is 4.99 Å². The van der Waals surface area contributed by atoms with Crippen LogP contribution in [0.1, 0.15) is 22.3 Å². The Morgan fingerprint density at radius 3 is 2.42 bits per heavy atom. The van der Waals surface area contributed by atoms with Crippen molar-refractivity contribution in [3.63, 3.8) is 0 Å². The predicted molar refractivity (Wildman–Crippen MR) is 94.1 cm³/mol. The highest BCUT2D eigenvalue weighted by Crippen LogP contribution is 2.25. The maximum atomic E-state index is 12.3. The Morgan fingerprint density at radius 1 is 1.17 bits per heavy atom. The standard InChI is InChI=1S/C18H17N3O3/c1-10-7-11(2)15(12(3)8-10)21-17(23)14(16(22)20-18(21)24)9-13-5-4-6-19-13/h4-9,23H,1-3H3,(H,20,22,24)/b13-9+. The van der Waals surface area contributed by atoms with Crippen LogP contribution in [0.5, 0.6) is 5.88 Å². The van der Waals surface area contributed by atoms with Crippen LogP contribution in [0.3, 0.4) is 0 Å². The summed E-state index contributed by atoms with van der Waals surface area (Å²) in [5.74, 6) is -0.401. The van der Waals surface area contributed by atoms with Crippen molar-refractivity contribution in [3.05, 3.63) is 73.1 Å². The van der Waals surface area contributed by atoms with E-state index in [-0.39, 0.29) is 5.56 Å². The van der Waals surface area contributed by atoms with E-state index < -0.39 is 17.1 Å². The van der Waals surface area contributed by atoms with Gasteiger partial charge in [0.25, 0.3) is 5.56 Å². The Hall–Kier alpha value is -3.15. The lowest BCUT2D eigenvalue weighted by Gasteiger charge is -2.15. The highest BCUT2D eigenvalue weighted by atomic mass is 16.3. The topological polar surface area (TPSA) is 87.4 Å². The van der Waals surface area contributed by atoms with Crippen molar-refractivity contribution >= 4 is 12.3 Å². The molecule has 2 N–H and O–H groups in total. The van der Waals surface area contributed by atoms with E-state index in [1.165, 1.54) is 6.08 Å². The molecule has 2 heterocycles. The van der Waals surface area contributed by atoms with Gasteiger partial charge >= 0.3 is 5.69 Å². The summed E-state index contributed by atoms with van der Waals surface area (Å²) >= 11 is 0. The van der Waals surface area contributed by atoms with E-state index in [0.717, 1.165) is 21.3 Å². The van der Waals surface area contributed by atoms with Crippen LogP contribution in [0.25, 0.3) is 11.8 Å². The summed E-state index contributed by atoms with van der Waals surface area (Å²) in [7, 11) is 0. The van der Waals surface area contributed by atoms with Gasteiger partial charge in [0, 0.05) is 6.21 Å². The van der Waals surface area contributed by atoms with E-state index in [0.29, 0.717) is 11.4 Å². The van der Waals surface area contributed by atoms with Gasteiger partial charge in [-0.15, -0.1) is 0 Å². The third-order valence-electron chi connectivity index (χ3n) is 3.85. The molecule has 1 aliphatic rings. The van der Waals surface area contributed by atoms with Gasteiger partial charge in [0.2, 0.25) is 5.88 Å². The Labute approximate surface area is 138 Å². The first-order chi connectivity index (χ1) is 11.4. The number of aryl methyl sites for hydroxylation is 3. The minimum Gasteiger partial charge on any atom is -0.494 e. The Kier molecular flexibility index (Phi) is 3.81. The third kappa shape index (κ3) is 2.62. The molecule has 0 saturated heterocycles. The second-order valence-corrected chi connectivity index (χ2v) is 5.79. The molecule has 122 valence electrons. The number of H-pyrrole nitrogens is 1. The maximum Gasteiger partial charge on any atom is 0.335 e. The van der Waals surface area contributed by atoms with Crippen molar-refractivity contribution in [1.29, 1.82) is 0 Å². The normalized spacial score (nSPS) is 14.7. The zero-order chi connectivity index (χ0) is 17.4. The molecule has 2 aromatic rings. The molecule has 6 nitrogen and oxygen atoms in total. The summed E-state index contributed by atoms with van der Waals surface area (Å²) < 4.78 is 1.13. The summed E-state index contributed by atoms with van der Waals surface area (Å²) in [6.07, 6.45) is 6.46. The van der Waals surface area contributed by atoms with Crippen LogP contribution in [0.4, 0.5) is 0 Å². The third-order valence-corrected chi connectivity index (χ3v) is 3.85. The maximum absolute atomic E-state index is 12.3. The fraction of sp³-hybridized carbons (Fsp3) is 0.167. The molecule has 6 heteroatoms. The van der Waals surface area contributed by atoms with Crippen LogP contribution in [0.2, 0.25) is 0 Å². The minimum absolute atomic E-state index is 0.00678. The lowest BCUT2D eigenvalue weighted by atomic mass is 10.0. The molecule has 1 aromatic carbocycles. The van der Waals surface area contributed by atoms with Crippen molar-refractivity contribution in [2.75, 3.05) is 0 Å². The number of benzene rings is 1. The van der Waals surface area contributed by atoms with Crippen molar-refractivity contribution in [3.8, 4) is 11.6 Å². The fourth-order valence-corrected chi connectivity index (χ4v) is 2.95. The van der Waals surface area contributed by atoms with Gasteiger partial charge < -0.3 is 5.11 Å². The zero-order valence-corrected chi connectivity index (χ0v) is 13.6. The average Bonchev–Trinajstić information content (AvgIpc) is 2.99. The van der Waals surface area contributed by atoms with Crippen LogP contribution in [-0.2, 0) is 0 Å². The number of nitrogens with one attached hydrogen (secondary N) is 1. The van der Waals surface area contributed by atoms with E-state index in [4.69, 9.17) is 0 Å². The fourth-order valence-electron chi connectivity index (χ4n) is 2.95. The molecule has 0 radical (unpaired) electrons. The summed E-state index contributed by atoms with van der Waals surface area (Å²) in [6, 6.07) is 3.84. The minimum atomic E-state index is -0.680. The van der Waals surface area contributed by atoms with E-state index >= 15 is 0 Å². The van der Waals surface area contributed by atoms with Crippen LogP contribution < -0.4 is 11.2 Å². The molecule has 0 spiro atoms. The Balaban J connectivity index is 2.33. The monoisotopic (exact) mass is 323 g/mol. The lowest BCUT2D eigenvalue weighted by molar-refractivity contribution is 0.429. The molecule has 0 saturated carbocycles. The summed E-state index contributed by atoms with van der Waals surface area (Å²) in [5, 5.41) is 10.6. The number of hydrogen-bond donors (Lipinski definition) is 2. The quantitative estimate of drug-likeness (QED) is 0.887. The van der Waals surface area contributed by atoms with Gasteiger partial charge in [0.15, 0.2) is 0 Å². The first-order valence-electron chi connectivity index (χ1n) is 7.47. The van der Waals surface area contributed by atoms with Crippen molar-refractivity contribution in [1.82, 2.24) is 9.55 Å². The van der Waals surface area contributed by atoms with Gasteiger partial charge in [0.1, 0.15) is 5.56 Å². The van der Waals surface area contributed by atoms with Crippen LogP contribution in [0, 0.1) is 20.8 Å². The number of allylic oxidation sites excluding steroid dienone is 2. The highest BCUT2D eigenvalue weighted by Gasteiger charge is 2.17. The summed E-state index contributed by atoms with van der Waals surface area (Å²) in [5.41, 5.74) is 2.46.